The Balaban J connectivity index is 0. The number of methoxy groups -OCH3 is 1. The van der Waals surface area contributed by atoms with E-state index in [0.29, 0.717) is 12.5 Å². The molecule has 0 spiro atoms. The van der Waals surface area contributed by atoms with Gasteiger partial charge in [-0.05, 0) is 46.0 Å². The van der Waals surface area contributed by atoms with Crippen LogP contribution in [0.5, 0.6) is 0 Å². The fraction of sp³-hybridized carbons (Fsp3) is 0.667. The Morgan fingerprint density at radius 1 is 1.33 bits per heavy atom. The second kappa shape index (κ2) is 14.0. The van der Waals surface area contributed by atoms with Crippen LogP contribution in [0.4, 0.5) is 0 Å². The zero-order valence-electron chi connectivity index (χ0n) is 12.4. The Bertz CT molecular complexity index is 250. The molecule has 0 amide bonds. The molecule has 0 aromatic rings. The van der Waals surface area contributed by atoms with E-state index < -0.39 is 0 Å². The molecule has 1 N–H and O–H groups in total. The number of hydrogen-bond donors (Lipinski definition) is 1. The Hall–Kier alpha value is -1.09. The Labute approximate surface area is 112 Å². The number of rotatable bonds is 6. The van der Waals surface area contributed by atoms with Crippen LogP contribution in [-0.2, 0) is 9.53 Å². The molecule has 0 aromatic carbocycles. The highest BCUT2D eigenvalue weighted by atomic mass is 16.5. The van der Waals surface area contributed by atoms with Crippen LogP contribution in [0.15, 0.2) is 23.8 Å². The molecule has 0 bridgehead atoms. The number of aliphatic hydroxyl groups excluding tert-OH is 1. The van der Waals surface area contributed by atoms with Crippen molar-refractivity contribution in [3.8, 4) is 0 Å². The van der Waals surface area contributed by atoms with Crippen LogP contribution in [0.25, 0.3) is 0 Å². The van der Waals surface area contributed by atoms with E-state index >= 15 is 0 Å². The molecule has 0 aliphatic carbocycles. The van der Waals surface area contributed by atoms with Crippen LogP contribution in [0.3, 0.4) is 0 Å². The monoisotopic (exact) mass is 256 g/mol. The molecule has 18 heavy (non-hydrogen) atoms. The van der Waals surface area contributed by atoms with Crippen molar-refractivity contribution < 1.29 is 14.6 Å². The molecule has 1 atom stereocenters. The molecule has 0 fully saturated rings. The largest absolute Gasteiger partial charge is 0.466 e. The summed E-state index contributed by atoms with van der Waals surface area (Å²) in [6, 6.07) is 0. The minimum atomic E-state index is -0.303. The number of ether oxygens (including phenoxy) is 1. The molecule has 0 saturated heterocycles. The van der Waals surface area contributed by atoms with E-state index in [0.717, 1.165) is 12.8 Å². The fourth-order valence-corrected chi connectivity index (χ4v) is 1.23. The number of carbonyl (C=O) groups excluding carboxylic acids is 1. The van der Waals surface area contributed by atoms with Gasteiger partial charge in [-0.2, -0.15) is 0 Å². The average molecular weight is 256 g/mol. The molecule has 3 nitrogen and oxygen atoms in total. The third-order valence-electron chi connectivity index (χ3n) is 2.34. The highest BCUT2D eigenvalue weighted by Crippen LogP contribution is 2.10. The number of allylic oxidation sites excluding steroid dienone is 3. The molecule has 0 aliphatic heterocycles. The summed E-state index contributed by atoms with van der Waals surface area (Å²) < 4.78 is 4.26. The first-order valence-electron chi connectivity index (χ1n) is 6.42. The number of carbonyl (C=O) groups is 1. The van der Waals surface area contributed by atoms with Gasteiger partial charge in [0, 0.05) is 12.7 Å². The van der Waals surface area contributed by atoms with Crippen LogP contribution in [0, 0.1) is 5.92 Å². The summed E-state index contributed by atoms with van der Waals surface area (Å²) in [6.45, 7) is 8.52. The van der Waals surface area contributed by atoms with Crippen molar-refractivity contribution in [2.45, 2.75) is 47.0 Å². The van der Waals surface area contributed by atoms with Gasteiger partial charge in [0.25, 0.3) is 0 Å². The van der Waals surface area contributed by atoms with E-state index in [1.807, 2.05) is 0 Å². The van der Waals surface area contributed by atoms with Gasteiger partial charge in [-0.1, -0.05) is 24.6 Å². The van der Waals surface area contributed by atoms with Gasteiger partial charge in [-0.15, -0.1) is 0 Å². The summed E-state index contributed by atoms with van der Waals surface area (Å²) in [5.74, 6) is 0.359. The predicted molar refractivity (Wildman–Crippen MR) is 76.4 cm³/mol. The van der Waals surface area contributed by atoms with Crippen LogP contribution in [0.1, 0.15) is 47.0 Å². The van der Waals surface area contributed by atoms with Crippen LogP contribution >= 0.6 is 0 Å². The van der Waals surface area contributed by atoms with Crippen molar-refractivity contribution >= 4 is 5.97 Å². The van der Waals surface area contributed by atoms with Gasteiger partial charge in [-0.3, -0.25) is 0 Å². The first kappa shape index (κ1) is 19.3. The second-order valence-corrected chi connectivity index (χ2v) is 4.50. The van der Waals surface area contributed by atoms with Crippen molar-refractivity contribution in [2.75, 3.05) is 13.7 Å². The lowest BCUT2D eigenvalue weighted by Gasteiger charge is -2.06. The van der Waals surface area contributed by atoms with Crippen molar-refractivity contribution in [2.24, 2.45) is 5.92 Å². The van der Waals surface area contributed by atoms with Gasteiger partial charge in [0.2, 0.25) is 0 Å². The summed E-state index contributed by atoms with van der Waals surface area (Å²) in [5, 5.41) is 8.63. The Morgan fingerprint density at radius 3 is 2.28 bits per heavy atom. The second-order valence-electron chi connectivity index (χ2n) is 4.50. The molecule has 0 radical (unpaired) electrons. The minimum absolute atomic E-state index is 0.303. The van der Waals surface area contributed by atoms with E-state index in [2.05, 4.69) is 31.6 Å². The van der Waals surface area contributed by atoms with Crippen molar-refractivity contribution in [1.82, 2.24) is 0 Å². The number of hydrogen-bond acceptors (Lipinski definition) is 3. The van der Waals surface area contributed by atoms with Crippen LogP contribution in [0.2, 0.25) is 0 Å². The predicted octanol–water partition coefficient (Wildman–Crippen LogP) is 3.49. The maximum Gasteiger partial charge on any atom is 0.330 e. The van der Waals surface area contributed by atoms with Crippen LogP contribution in [-0.4, -0.2) is 24.8 Å². The maximum absolute atomic E-state index is 10.1. The van der Waals surface area contributed by atoms with Crippen molar-refractivity contribution in [3.05, 3.63) is 23.8 Å². The highest BCUT2D eigenvalue weighted by molar-refractivity contribution is 5.81. The molecular formula is C15H28O3. The van der Waals surface area contributed by atoms with E-state index in [1.165, 1.54) is 25.2 Å². The third kappa shape index (κ3) is 17.3. The summed E-state index contributed by atoms with van der Waals surface area (Å²) in [4.78, 5) is 10.1. The van der Waals surface area contributed by atoms with E-state index in [4.69, 9.17) is 5.11 Å². The quantitative estimate of drug-likeness (QED) is 0.449. The number of aliphatic hydroxyl groups is 1. The van der Waals surface area contributed by atoms with Gasteiger partial charge >= 0.3 is 5.97 Å². The van der Waals surface area contributed by atoms with Crippen molar-refractivity contribution in [1.29, 1.82) is 0 Å². The zero-order chi connectivity index (χ0) is 14.4. The molecular weight excluding hydrogens is 228 g/mol. The van der Waals surface area contributed by atoms with E-state index in [9.17, 15) is 4.79 Å². The lowest BCUT2D eigenvalue weighted by atomic mass is 10.0. The Morgan fingerprint density at radius 2 is 1.94 bits per heavy atom. The smallest absolute Gasteiger partial charge is 0.330 e. The highest BCUT2D eigenvalue weighted by Gasteiger charge is 1.98. The minimum Gasteiger partial charge on any atom is -0.466 e. The summed E-state index contributed by atoms with van der Waals surface area (Å²) in [7, 11) is 1.35. The van der Waals surface area contributed by atoms with E-state index in [1.54, 1.807) is 13.0 Å². The fourth-order valence-electron chi connectivity index (χ4n) is 1.23. The molecule has 0 aromatic heterocycles. The third-order valence-corrected chi connectivity index (χ3v) is 2.34. The zero-order valence-corrected chi connectivity index (χ0v) is 12.4. The molecule has 1 unspecified atom stereocenters. The molecule has 0 aliphatic rings. The lowest BCUT2D eigenvalue weighted by molar-refractivity contribution is -0.134. The summed E-state index contributed by atoms with van der Waals surface area (Å²) in [6.07, 6.45) is 8.55. The standard InChI is InChI=1S/C10H20O.C5H8O2/c1-9(2)5-4-6-10(3)7-8-11;1-3-4-5(6)7-2/h5,10-11H,4,6-8H2,1-3H3;3-4H,1-2H3/b;4-3+. The SMILES string of the molecule is C/C=C/C(=O)OC.CC(C)=CCCC(C)CCO. The molecule has 106 valence electrons. The first-order chi connectivity index (χ1) is 8.47. The average Bonchev–Trinajstić information content (AvgIpc) is 2.30. The first-order valence-corrected chi connectivity index (χ1v) is 6.42. The summed E-state index contributed by atoms with van der Waals surface area (Å²) in [5.41, 5.74) is 1.39. The normalized spacial score (nSPS) is 11.4. The van der Waals surface area contributed by atoms with Gasteiger partial charge in [-0.25, -0.2) is 4.79 Å². The number of esters is 1. The van der Waals surface area contributed by atoms with E-state index in [-0.39, 0.29) is 5.97 Å². The molecule has 3 heteroatoms. The Kier molecular flexibility index (Phi) is 14.9. The van der Waals surface area contributed by atoms with Gasteiger partial charge < -0.3 is 9.84 Å². The molecule has 0 rings (SSSR count). The topological polar surface area (TPSA) is 46.5 Å². The van der Waals surface area contributed by atoms with Crippen molar-refractivity contribution in [3.63, 3.8) is 0 Å². The van der Waals surface area contributed by atoms with Gasteiger partial charge in [0.1, 0.15) is 0 Å². The van der Waals surface area contributed by atoms with Gasteiger partial charge in [0.15, 0.2) is 0 Å². The summed E-state index contributed by atoms with van der Waals surface area (Å²) >= 11 is 0. The van der Waals surface area contributed by atoms with Gasteiger partial charge in [0.05, 0.1) is 7.11 Å². The molecule has 0 heterocycles. The van der Waals surface area contributed by atoms with Crippen LogP contribution < -0.4 is 0 Å². The molecule has 0 saturated carbocycles. The maximum atomic E-state index is 10.1. The lowest BCUT2D eigenvalue weighted by Crippen LogP contribution is -1.96.